The van der Waals surface area contributed by atoms with Crippen LogP contribution in [0.25, 0.3) is 0 Å². The van der Waals surface area contributed by atoms with Gasteiger partial charge in [0.05, 0.1) is 6.54 Å². The summed E-state index contributed by atoms with van der Waals surface area (Å²) in [6.45, 7) is 2.31. The third-order valence-electron chi connectivity index (χ3n) is 3.34. The number of piperidine rings is 1. The number of carbonyl (C=O) groups is 1. The van der Waals surface area contributed by atoms with E-state index < -0.39 is 0 Å². The van der Waals surface area contributed by atoms with E-state index in [4.69, 9.17) is 5.73 Å². The standard InChI is InChI=1S/C14H20N2O2/c15-12-4-6-16(7-5-12)10-14(18)9-11-2-1-3-13(17)8-11/h1-3,8,12,17H,4-7,9-10,15H2. The maximum atomic E-state index is 11.9. The number of Topliss-reactive ketones (excluding diaryl/α,β-unsaturated/α-hetero) is 1. The first-order valence-corrected chi connectivity index (χ1v) is 6.41. The average Bonchev–Trinajstić information content (AvgIpc) is 2.32. The minimum Gasteiger partial charge on any atom is -0.508 e. The van der Waals surface area contributed by atoms with Crippen molar-refractivity contribution in [2.75, 3.05) is 19.6 Å². The zero-order chi connectivity index (χ0) is 13.0. The van der Waals surface area contributed by atoms with Gasteiger partial charge < -0.3 is 10.8 Å². The highest BCUT2D eigenvalue weighted by atomic mass is 16.3. The van der Waals surface area contributed by atoms with Crippen molar-refractivity contribution in [2.24, 2.45) is 5.73 Å². The number of phenolic OH excluding ortho intramolecular Hbond substituents is 1. The quantitative estimate of drug-likeness (QED) is 0.831. The molecular weight excluding hydrogens is 228 g/mol. The van der Waals surface area contributed by atoms with Gasteiger partial charge in [0.25, 0.3) is 0 Å². The lowest BCUT2D eigenvalue weighted by atomic mass is 10.0. The predicted molar refractivity (Wildman–Crippen MR) is 70.5 cm³/mol. The Morgan fingerprint density at radius 1 is 1.39 bits per heavy atom. The second kappa shape index (κ2) is 5.98. The van der Waals surface area contributed by atoms with Gasteiger partial charge in [0, 0.05) is 25.6 Å². The molecule has 0 aromatic heterocycles. The van der Waals surface area contributed by atoms with E-state index in [2.05, 4.69) is 4.90 Å². The van der Waals surface area contributed by atoms with E-state index in [0.29, 0.717) is 19.0 Å². The Hall–Kier alpha value is -1.39. The predicted octanol–water partition coefficient (Wildman–Crippen LogP) is 0.927. The van der Waals surface area contributed by atoms with Crippen LogP contribution in [0.5, 0.6) is 5.75 Å². The van der Waals surface area contributed by atoms with Crippen molar-refractivity contribution in [3.05, 3.63) is 29.8 Å². The normalized spacial score (nSPS) is 17.8. The summed E-state index contributed by atoms with van der Waals surface area (Å²) in [5, 5.41) is 9.34. The fraction of sp³-hybridized carbons (Fsp3) is 0.500. The van der Waals surface area contributed by atoms with Crippen LogP contribution in [0.3, 0.4) is 0 Å². The molecule has 0 amide bonds. The topological polar surface area (TPSA) is 66.6 Å². The third-order valence-corrected chi connectivity index (χ3v) is 3.34. The number of hydrogen-bond donors (Lipinski definition) is 2. The Morgan fingerprint density at radius 3 is 2.78 bits per heavy atom. The number of phenols is 1. The summed E-state index contributed by atoms with van der Waals surface area (Å²) in [6, 6.07) is 7.17. The first-order chi connectivity index (χ1) is 8.63. The molecule has 0 spiro atoms. The fourth-order valence-corrected chi connectivity index (χ4v) is 2.31. The van der Waals surface area contributed by atoms with E-state index in [1.165, 1.54) is 0 Å². The molecule has 2 rings (SSSR count). The molecule has 18 heavy (non-hydrogen) atoms. The minimum atomic E-state index is 0.191. The molecule has 98 valence electrons. The summed E-state index contributed by atoms with van der Waals surface area (Å²) in [5.74, 6) is 0.403. The molecule has 1 heterocycles. The SMILES string of the molecule is NC1CCN(CC(=O)Cc2cccc(O)c2)CC1. The lowest BCUT2D eigenvalue weighted by Crippen LogP contribution is -2.42. The molecule has 1 aliphatic rings. The Kier molecular flexibility index (Phi) is 4.33. The number of rotatable bonds is 4. The molecule has 0 unspecified atom stereocenters. The molecule has 1 fully saturated rings. The van der Waals surface area contributed by atoms with Gasteiger partial charge in [-0.25, -0.2) is 0 Å². The number of aromatic hydroxyl groups is 1. The number of nitrogens with two attached hydrogens (primary N) is 1. The van der Waals surface area contributed by atoms with E-state index in [-0.39, 0.29) is 11.5 Å². The van der Waals surface area contributed by atoms with Crippen LogP contribution in [0.15, 0.2) is 24.3 Å². The summed E-state index contributed by atoms with van der Waals surface area (Å²) in [5.41, 5.74) is 6.70. The van der Waals surface area contributed by atoms with Crippen molar-refractivity contribution in [3.8, 4) is 5.75 Å². The molecule has 0 bridgehead atoms. The molecule has 0 radical (unpaired) electrons. The Labute approximate surface area is 107 Å². The molecule has 3 N–H and O–H groups in total. The molecule has 1 aromatic rings. The van der Waals surface area contributed by atoms with Crippen molar-refractivity contribution in [3.63, 3.8) is 0 Å². The van der Waals surface area contributed by atoms with E-state index in [1.54, 1.807) is 18.2 Å². The van der Waals surface area contributed by atoms with Crippen molar-refractivity contribution in [1.82, 2.24) is 4.90 Å². The van der Waals surface area contributed by atoms with Gasteiger partial charge in [-0.1, -0.05) is 12.1 Å². The van der Waals surface area contributed by atoms with Crippen LogP contribution in [0, 0.1) is 0 Å². The second-order valence-electron chi connectivity index (χ2n) is 5.00. The molecule has 0 aliphatic carbocycles. The average molecular weight is 248 g/mol. The Balaban J connectivity index is 1.82. The number of ketones is 1. The molecule has 1 saturated heterocycles. The first-order valence-electron chi connectivity index (χ1n) is 6.41. The minimum absolute atomic E-state index is 0.191. The largest absolute Gasteiger partial charge is 0.508 e. The van der Waals surface area contributed by atoms with Gasteiger partial charge in [0.15, 0.2) is 5.78 Å². The zero-order valence-corrected chi connectivity index (χ0v) is 10.5. The molecule has 4 heteroatoms. The Bertz CT molecular complexity index is 412. The summed E-state index contributed by atoms with van der Waals surface area (Å²) in [7, 11) is 0. The number of nitrogens with zero attached hydrogens (tertiary/aromatic N) is 1. The zero-order valence-electron chi connectivity index (χ0n) is 10.5. The Morgan fingerprint density at radius 2 is 2.11 bits per heavy atom. The molecular formula is C14H20N2O2. The smallest absolute Gasteiger partial charge is 0.151 e. The van der Waals surface area contributed by atoms with Crippen LogP contribution < -0.4 is 5.73 Å². The van der Waals surface area contributed by atoms with Gasteiger partial charge in [-0.3, -0.25) is 9.69 Å². The molecule has 4 nitrogen and oxygen atoms in total. The first kappa shape index (κ1) is 13.1. The van der Waals surface area contributed by atoms with E-state index >= 15 is 0 Å². The van der Waals surface area contributed by atoms with Crippen molar-refractivity contribution in [2.45, 2.75) is 25.3 Å². The van der Waals surface area contributed by atoms with Gasteiger partial charge in [0.2, 0.25) is 0 Å². The second-order valence-corrected chi connectivity index (χ2v) is 5.00. The number of likely N-dealkylation sites (tertiary alicyclic amines) is 1. The summed E-state index contributed by atoms with van der Waals surface area (Å²) in [6.07, 6.45) is 2.33. The van der Waals surface area contributed by atoms with Crippen molar-refractivity contribution < 1.29 is 9.90 Å². The van der Waals surface area contributed by atoms with E-state index in [0.717, 1.165) is 31.5 Å². The molecule has 1 aromatic carbocycles. The monoisotopic (exact) mass is 248 g/mol. The number of hydrogen-bond acceptors (Lipinski definition) is 4. The third kappa shape index (κ3) is 3.82. The van der Waals surface area contributed by atoms with Crippen LogP contribution in [0.2, 0.25) is 0 Å². The van der Waals surface area contributed by atoms with Crippen LogP contribution in [0.1, 0.15) is 18.4 Å². The highest BCUT2D eigenvalue weighted by Crippen LogP contribution is 2.13. The summed E-state index contributed by atoms with van der Waals surface area (Å²) < 4.78 is 0. The van der Waals surface area contributed by atoms with Crippen molar-refractivity contribution >= 4 is 5.78 Å². The summed E-state index contributed by atoms with van der Waals surface area (Å²) in [4.78, 5) is 14.1. The summed E-state index contributed by atoms with van der Waals surface area (Å²) >= 11 is 0. The lowest BCUT2D eigenvalue weighted by molar-refractivity contribution is -0.119. The molecule has 0 saturated carbocycles. The van der Waals surface area contributed by atoms with Gasteiger partial charge in [-0.15, -0.1) is 0 Å². The highest BCUT2D eigenvalue weighted by molar-refractivity contribution is 5.82. The van der Waals surface area contributed by atoms with Gasteiger partial charge >= 0.3 is 0 Å². The lowest BCUT2D eigenvalue weighted by Gasteiger charge is -2.29. The van der Waals surface area contributed by atoms with Gasteiger partial charge in [0.1, 0.15) is 5.75 Å². The molecule has 0 atom stereocenters. The van der Waals surface area contributed by atoms with E-state index in [1.807, 2.05) is 6.07 Å². The molecule has 1 aliphatic heterocycles. The maximum Gasteiger partial charge on any atom is 0.151 e. The van der Waals surface area contributed by atoms with Gasteiger partial charge in [-0.05, 0) is 30.5 Å². The van der Waals surface area contributed by atoms with Crippen LogP contribution >= 0.6 is 0 Å². The van der Waals surface area contributed by atoms with Crippen molar-refractivity contribution in [1.29, 1.82) is 0 Å². The number of benzene rings is 1. The van der Waals surface area contributed by atoms with Crippen LogP contribution in [0.4, 0.5) is 0 Å². The van der Waals surface area contributed by atoms with Gasteiger partial charge in [-0.2, -0.15) is 0 Å². The van der Waals surface area contributed by atoms with Crippen LogP contribution in [-0.2, 0) is 11.2 Å². The van der Waals surface area contributed by atoms with Crippen LogP contribution in [-0.4, -0.2) is 41.5 Å². The fourth-order valence-electron chi connectivity index (χ4n) is 2.31. The maximum absolute atomic E-state index is 11.9. The van der Waals surface area contributed by atoms with E-state index in [9.17, 15) is 9.90 Å². The highest BCUT2D eigenvalue weighted by Gasteiger charge is 2.18. The number of carbonyl (C=O) groups excluding carboxylic acids is 1.